The maximum absolute atomic E-state index is 11.6. The van der Waals surface area contributed by atoms with E-state index in [1.54, 1.807) is 13.2 Å². The number of hydrogen-bond acceptors (Lipinski definition) is 2. The Kier molecular flexibility index (Phi) is 5.15. The average molecular weight is 311 g/mol. The van der Waals surface area contributed by atoms with E-state index in [9.17, 15) is 9.90 Å². The fraction of sp³-hybridized carbons (Fsp3) is 0.588. The van der Waals surface area contributed by atoms with Crippen molar-refractivity contribution in [2.75, 3.05) is 7.11 Å². The molecule has 21 heavy (non-hydrogen) atoms. The molecule has 1 aromatic carbocycles. The Balaban J connectivity index is 2.39. The molecule has 1 fully saturated rings. The maximum atomic E-state index is 11.6. The van der Waals surface area contributed by atoms with Crippen LogP contribution < -0.4 is 4.74 Å². The first-order valence-electron chi connectivity index (χ1n) is 7.50. The molecule has 0 aromatic heterocycles. The van der Waals surface area contributed by atoms with Gasteiger partial charge < -0.3 is 9.84 Å². The summed E-state index contributed by atoms with van der Waals surface area (Å²) in [4.78, 5) is 11.6. The minimum atomic E-state index is -0.718. The summed E-state index contributed by atoms with van der Waals surface area (Å²) in [7, 11) is 1.62. The number of carbonyl (C=O) groups is 1. The van der Waals surface area contributed by atoms with Crippen LogP contribution in [0.2, 0.25) is 5.02 Å². The van der Waals surface area contributed by atoms with Crippen molar-refractivity contribution in [3.8, 4) is 5.75 Å². The summed E-state index contributed by atoms with van der Waals surface area (Å²) in [5.41, 5.74) is 0.933. The van der Waals surface area contributed by atoms with Gasteiger partial charge >= 0.3 is 5.97 Å². The summed E-state index contributed by atoms with van der Waals surface area (Å²) in [6.07, 6.45) is 2.58. The molecule has 1 aliphatic carbocycles. The van der Waals surface area contributed by atoms with Gasteiger partial charge in [-0.3, -0.25) is 4.79 Å². The lowest BCUT2D eigenvalue weighted by molar-refractivity contribution is -0.144. The van der Waals surface area contributed by atoms with Gasteiger partial charge in [0, 0.05) is 10.9 Å². The van der Waals surface area contributed by atoms with E-state index in [4.69, 9.17) is 16.3 Å². The summed E-state index contributed by atoms with van der Waals surface area (Å²) in [6, 6.07) is 5.47. The van der Waals surface area contributed by atoms with Crippen LogP contribution in [0, 0.1) is 17.8 Å². The highest BCUT2D eigenvalue weighted by molar-refractivity contribution is 6.30. The molecule has 0 spiro atoms. The molecule has 0 heterocycles. The highest BCUT2D eigenvalue weighted by Gasteiger charge is 2.38. The number of aliphatic carboxylic acids is 1. The molecular formula is C17H23ClO3. The summed E-state index contributed by atoms with van der Waals surface area (Å²) >= 11 is 6.12. The van der Waals surface area contributed by atoms with Crippen molar-refractivity contribution in [1.82, 2.24) is 0 Å². The van der Waals surface area contributed by atoms with Gasteiger partial charge in [0.1, 0.15) is 5.75 Å². The second kappa shape index (κ2) is 6.69. The van der Waals surface area contributed by atoms with Gasteiger partial charge in [-0.05, 0) is 54.9 Å². The molecule has 0 bridgehead atoms. The fourth-order valence-electron chi connectivity index (χ4n) is 3.44. The van der Waals surface area contributed by atoms with Crippen LogP contribution >= 0.6 is 11.6 Å². The number of ether oxygens (including phenoxy) is 1. The largest absolute Gasteiger partial charge is 0.496 e. The summed E-state index contributed by atoms with van der Waals surface area (Å²) < 4.78 is 5.43. The predicted octanol–water partition coefficient (Wildman–Crippen LogP) is 4.59. The topological polar surface area (TPSA) is 46.5 Å². The maximum Gasteiger partial charge on any atom is 0.307 e. The fourth-order valence-corrected chi connectivity index (χ4v) is 3.62. The van der Waals surface area contributed by atoms with Crippen molar-refractivity contribution in [3.63, 3.8) is 0 Å². The molecule has 3 atom stereocenters. The molecule has 0 radical (unpaired) electrons. The van der Waals surface area contributed by atoms with E-state index in [0.717, 1.165) is 30.6 Å². The average Bonchev–Trinajstić information content (AvgIpc) is 2.46. The zero-order chi connectivity index (χ0) is 15.6. The van der Waals surface area contributed by atoms with Crippen LogP contribution in [0.4, 0.5) is 0 Å². The highest BCUT2D eigenvalue weighted by Crippen LogP contribution is 2.46. The first-order valence-corrected chi connectivity index (χ1v) is 7.88. The quantitative estimate of drug-likeness (QED) is 0.884. The van der Waals surface area contributed by atoms with Gasteiger partial charge in [-0.15, -0.1) is 0 Å². The number of carboxylic acid groups (broad SMARTS) is 1. The monoisotopic (exact) mass is 310 g/mol. The Bertz CT molecular complexity index is 513. The molecule has 3 nitrogen and oxygen atoms in total. The van der Waals surface area contributed by atoms with Crippen molar-refractivity contribution < 1.29 is 14.6 Å². The van der Waals surface area contributed by atoms with Gasteiger partial charge in [-0.1, -0.05) is 25.4 Å². The number of carboxylic acids is 1. The van der Waals surface area contributed by atoms with Gasteiger partial charge in [-0.25, -0.2) is 0 Å². The van der Waals surface area contributed by atoms with E-state index < -0.39 is 5.97 Å². The first-order chi connectivity index (χ1) is 9.93. The Labute approximate surface area is 131 Å². The third-order valence-corrected chi connectivity index (χ3v) is 4.98. The second-order valence-electron chi connectivity index (χ2n) is 6.25. The van der Waals surface area contributed by atoms with Gasteiger partial charge in [0.15, 0.2) is 0 Å². The van der Waals surface area contributed by atoms with Gasteiger partial charge in [-0.2, -0.15) is 0 Å². The van der Waals surface area contributed by atoms with E-state index in [0.29, 0.717) is 16.9 Å². The van der Waals surface area contributed by atoms with E-state index in [1.165, 1.54) is 0 Å². The lowest BCUT2D eigenvalue weighted by Gasteiger charge is -2.36. The van der Waals surface area contributed by atoms with Gasteiger partial charge in [0.2, 0.25) is 0 Å². The SMILES string of the molecule is COc1ccc(Cl)cc1C1CC(C(C)C)CCC1C(=O)O. The minimum Gasteiger partial charge on any atom is -0.496 e. The third kappa shape index (κ3) is 3.52. The molecule has 0 amide bonds. The second-order valence-corrected chi connectivity index (χ2v) is 6.69. The molecule has 2 rings (SSSR count). The van der Waals surface area contributed by atoms with Gasteiger partial charge in [0.25, 0.3) is 0 Å². The van der Waals surface area contributed by atoms with E-state index >= 15 is 0 Å². The molecule has 0 saturated heterocycles. The molecular weight excluding hydrogens is 288 g/mol. The standard InChI is InChI=1S/C17H23ClO3/c1-10(2)11-4-6-13(17(19)20)14(8-11)15-9-12(18)5-7-16(15)21-3/h5,7,9-11,13-14H,4,6,8H2,1-3H3,(H,19,20). The lowest BCUT2D eigenvalue weighted by atomic mass is 9.68. The van der Waals surface area contributed by atoms with Crippen molar-refractivity contribution in [1.29, 1.82) is 0 Å². The molecule has 1 aliphatic rings. The number of halogens is 1. The normalized spacial score (nSPS) is 25.9. The molecule has 4 heteroatoms. The van der Waals surface area contributed by atoms with Crippen molar-refractivity contribution in [2.45, 2.75) is 39.0 Å². The van der Waals surface area contributed by atoms with Crippen LogP contribution in [0.15, 0.2) is 18.2 Å². The van der Waals surface area contributed by atoms with E-state index in [2.05, 4.69) is 13.8 Å². The molecule has 3 unspecified atom stereocenters. The number of rotatable bonds is 4. The van der Waals surface area contributed by atoms with Crippen LogP contribution in [0.1, 0.15) is 44.6 Å². The molecule has 1 aromatic rings. The minimum absolute atomic E-state index is 0.0303. The predicted molar refractivity (Wildman–Crippen MR) is 84.0 cm³/mol. The molecule has 0 aliphatic heterocycles. The summed E-state index contributed by atoms with van der Waals surface area (Å²) in [5, 5.41) is 10.2. The first kappa shape index (κ1) is 16.2. The van der Waals surface area contributed by atoms with Crippen LogP contribution in [0.5, 0.6) is 5.75 Å². The number of benzene rings is 1. The van der Waals surface area contributed by atoms with Crippen molar-refractivity contribution >= 4 is 17.6 Å². The molecule has 116 valence electrons. The lowest BCUT2D eigenvalue weighted by Crippen LogP contribution is -2.31. The van der Waals surface area contributed by atoms with E-state index in [1.807, 2.05) is 12.1 Å². The third-order valence-electron chi connectivity index (χ3n) is 4.74. The van der Waals surface area contributed by atoms with Crippen molar-refractivity contribution in [3.05, 3.63) is 28.8 Å². The smallest absolute Gasteiger partial charge is 0.307 e. The molecule has 1 saturated carbocycles. The summed E-state index contributed by atoms with van der Waals surface area (Å²) in [5.74, 6) is 0.746. The Morgan fingerprint density at radius 2 is 2.10 bits per heavy atom. The Morgan fingerprint density at radius 1 is 1.38 bits per heavy atom. The summed E-state index contributed by atoms with van der Waals surface area (Å²) in [6.45, 7) is 4.41. The van der Waals surface area contributed by atoms with Crippen LogP contribution in [0.25, 0.3) is 0 Å². The zero-order valence-corrected chi connectivity index (χ0v) is 13.6. The number of hydrogen-bond donors (Lipinski definition) is 1. The Morgan fingerprint density at radius 3 is 2.67 bits per heavy atom. The van der Waals surface area contributed by atoms with E-state index in [-0.39, 0.29) is 11.8 Å². The van der Waals surface area contributed by atoms with Crippen LogP contribution in [-0.2, 0) is 4.79 Å². The molecule has 1 N–H and O–H groups in total. The Hall–Kier alpha value is -1.22. The number of methoxy groups -OCH3 is 1. The zero-order valence-electron chi connectivity index (χ0n) is 12.8. The van der Waals surface area contributed by atoms with Crippen LogP contribution in [0.3, 0.4) is 0 Å². The van der Waals surface area contributed by atoms with Crippen molar-refractivity contribution in [2.24, 2.45) is 17.8 Å². The highest BCUT2D eigenvalue weighted by atomic mass is 35.5. The van der Waals surface area contributed by atoms with Gasteiger partial charge in [0.05, 0.1) is 13.0 Å². The van der Waals surface area contributed by atoms with Crippen LogP contribution in [-0.4, -0.2) is 18.2 Å².